The van der Waals surface area contributed by atoms with Crippen molar-refractivity contribution >= 4 is 0 Å². The molecule has 134 valence electrons. The summed E-state index contributed by atoms with van der Waals surface area (Å²) in [4.78, 5) is 1.98. The number of nitrogens with zero attached hydrogens (tertiary/aromatic N) is 1. The number of benzene rings is 1. The molecule has 3 N–H and O–H groups in total. The van der Waals surface area contributed by atoms with Crippen molar-refractivity contribution in [3.8, 4) is 5.75 Å². The van der Waals surface area contributed by atoms with E-state index in [4.69, 9.17) is 9.47 Å². The Labute approximate surface area is 142 Å². The number of ether oxygens (including phenoxy) is 2. The number of piperidine rings is 1. The summed E-state index contributed by atoms with van der Waals surface area (Å²) >= 11 is 0. The smallest absolute Gasteiger partial charge is 0.119 e. The Balaban J connectivity index is 1.46. The molecule has 2 heterocycles. The van der Waals surface area contributed by atoms with Crippen LogP contribution in [0.5, 0.6) is 5.75 Å². The molecule has 0 saturated carbocycles. The molecule has 6 nitrogen and oxygen atoms in total. The Morgan fingerprint density at radius 2 is 1.62 bits per heavy atom. The second kappa shape index (κ2) is 8.27. The van der Waals surface area contributed by atoms with Gasteiger partial charge in [-0.15, -0.1) is 0 Å². The van der Waals surface area contributed by atoms with Crippen LogP contribution in [0, 0.1) is 0 Å². The first-order chi connectivity index (χ1) is 11.6. The zero-order chi connectivity index (χ0) is 16.9. The van der Waals surface area contributed by atoms with Gasteiger partial charge in [-0.1, -0.05) is 12.1 Å². The van der Waals surface area contributed by atoms with E-state index in [0.717, 1.165) is 44.8 Å². The van der Waals surface area contributed by atoms with E-state index in [9.17, 15) is 15.3 Å². The minimum Gasteiger partial charge on any atom is -0.490 e. The standard InChI is InChI=1S/C18H27NO5/c20-16-11-19(12-17(21)18(16)22)8-5-13-1-3-14(4-2-13)24-15-6-9-23-10-7-15/h1-4,15-18,20-22H,5-12H2. The summed E-state index contributed by atoms with van der Waals surface area (Å²) < 4.78 is 11.3. The lowest BCUT2D eigenvalue weighted by molar-refractivity contribution is -0.109. The minimum absolute atomic E-state index is 0.243. The van der Waals surface area contributed by atoms with Gasteiger partial charge in [0.05, 0.1) is 25.4 Å². The number of hydrogen-bond acceptors (Lipinski definition) is 6. The first kappa shape index (κ1) is 17.6. The van der Waals surface area contributed by atoms with E-state index in [0.29, 0.717) is 13.1 Å². The van der Waals surface area contributed by atoms with Crippen LogP contribution in [0.1, 0.15) is 18.4 Å². The largest absolute Gasteiger partial charge is 0.490 e. The van der Waals surface area contributed by atoms with Crippen LogP contribution in [0.25, 0.3) is 0 Å². The molecule has 0 aromatic heterocycles. The molecular weight excluding hydrogens is 310 g/mol. The van der Waals surface area contributed by atoms with Gasteiger partial charge in [0.1, 0.15) is 18.0 Å². The van der Waals surface area contributed by atoms with Gasteiger partial charge in [-0.05, 0) is 24.1 Å². The Bertz CT molecular complexity index is 491. The first-order valence-electron chi connectivity index (χ1n) is 8.72. The number of rotatable bonds is 5. The van der Waals surface area contributed by atoms with E-state index in [1.54, 1.807) is 0 Å². The zero-order valence-electron chi connectivity index (χ0n) is 13.9. The van der Waals surface area contributed by atoms with Crippen molar-refractivity contribution in [1.29, 1.82) is 0 Å². The summed E-state index contributed by atoms with van der Waals surface area (Å²) in [5, 5.41) is 29.0. The molecule has 2 saturated heterocycles. The highest BCUT2D eigenvalue weighted by Crippen LogP contribution is 2.19. The van der Waals surface area contributed by atoms with Gasteiger partial charge < -0.3 is 24.8 Å². The van der Waals surface area contributed by atoms with Crippen molar-refractivity contribution in [3.05, 3.63) is 29.8 Å². The number of aliphatic hydroxyl groups excluding tert-OH is 3. The SMILES string of the molecule is OC1CN(CCc2ccc(OC3CCOCC3)cc2)CC(O)C1O. The molecule has 0 radical (unpaired) electrons. The average molecular weight is 337 g/mol. The number of hydrogen-bond donors (Lipinski definition) is 3. The van der Waals surface area contributed by atoms with Gasteiger partial charge in [-0.25, -0.2) is 0 Å². The van der Waals surface area contributed by atoms with Gasteiger partial charge in [0.15, 0.2) is 0 Å². The van der Waals surface area contributed by atoms with Crippen LogP contribution in [0.2, 0.25) is 0 Å². The Morgan fingerprint density at radius 1 is 1.00 bits per heavy atom. The fraction of sp³-hybridized carbons (Fsp3) is 0.667. The van der Waals surface area contributed by atoms with E-state index in [-0.39, 0.29) is 6.10 Å². The summed E-state index contributed by atoms with van der Waals surface area (Å²) in [5.41, 5.74) is 1.18. The highest BCUT2D eigenvalue weighted by atomic mass is 16.5. The van der Waals surface area contributed by atoms with E-state index < -0.39 is 18.3 Å². The fourth-order valence-corrected chi connectivity index (χ4v) is 3.27. The van der Waals surface area contributed by atoms with Gasteiger partial charge in [0.2, 0.25) is 0 Å². The highest BCUT2D eigenvalue weighted by Gasteiger charge is 2.32. The molecule has 24 heavy (non-hydrogen) atoms. The zero-order valence-corrected chi connectivity index (χ0v) is 13.9. The quantitative estimate of drug-likeness (QED) is 0.711. The van der Waals surface area contributed by atoms with E-state index >= 15 is 0 Å². The van der Waals surface area contributed by atoms with Crippen LogP contribution in [-0.4, -0.2) is 77.5 Å². The monoisotopic (exact) mass is 337 g/mol. The highest BCUT2D eigenvalue weighted by molar-refractivity contribution is 5.27. The maximum absolute atomic E-state index is 9.73. The Hall–Kier alpha value is -1.18. The summed E-state index contributed by atoms with van der Waals surface area (Å²) in [6.07, 6.45) is 0.135. The van der Waals surface area contributed by atoms with Crippen LogP contribution < -0.4 is 4.74 Å². The van der Waals surface area contributed by atoms with Crippen LogP contribution in [0.4, 0.5) is 0 Å². The fourth-order valence-electron chi connectivity index (χ4n) is 3.27. The molecule has 0 amide bonds. The van der Waals surface area contributed by atoms with Gasteiger partial charge in [0.25, 0.3) is 0 Å². The van der Waals surface area contributed by atoms with Gasteiger partial charge in [-0.2, -0.15) is 0 Å². The van der Waals surface area contributed by atoms with E-state index in [1.165, 1.54) is 5.56 Å². The third-order valence-corrected chi connectivity index (χ3v) is 4.79. The van der Waals surface area contributed by atoms with Crippen molar-refractivity contribution in [3.63, 3.8) is 0 Å². The predicted octanol–water partition coefficient (Wildman–Crippen LogP) is 0.185. The molecule has 0 spiro atoms. The summed E-state index contributed by atoms with van der Waals surface area (Å²) in [5.74, 6) is 0.887. The Morgan fingerprint density at radius 3 is 2.25 bits per heavy atom. The predicted molar refractivity (Wildman–Crippen MR) is 89.1 cm³/mol. The summed E-state index contributed by atoms with van der Waals surface area (Å²) in [7, 11) is 0. The Kier molecular flexibility index (Phi) is 6.08. The lowest BCUT2D eigenvalue weighted by Gasteiger charge is -2.36. The van der Waals surface area contributed by atoms with Crippen molar-refractivity contribution in [2.24, 2.45) is 0 Å². The normalized spacial score (nSPS) is 29.5. The van der Waals surface area contributed by atoms with Gasteiger partial charge >= 0.3 is 0 Å². The molecule has 2 fully saturated rings. The van der Waals surface area contributed by atoms with E-state index in [1.807, 2.05) is 17.0 Å². The van der Waals surface area contributed by atoms with Gasteiger partial charge in [0, 0.05) is 32.5 Å². The number of likely N-dealkylation sites (tertiary alicyclic amines) is 1. The molecule has 2 aliphatic heterocycles. The van der Waals surface area contributed by atoms with Crippen molar-refractivity contribution in [2.75, 3.05) is 32.8 Å². The van der Waals surface area contributed by atoms with Crippen LogP contribution in [-0.2, 0) is 11.2 Å². The third kappa shape index (κ3) is 4.68. The van der Waals surface area contributed by atoms with Crippen molar-refractivity contribution in [1.82, 2.24) is 4.90 Å². The molecule has 0 aliphatic carbocycles. The average Bonchev–Trinajstić information content (AvgIpc) is 2.60. The van der Waals surface area contributed by atoms with Crippen molar-refractivity contribution < 1.29 is 24.8 Å². The molecule has 6 heteroatoms. The molecule has 0 bridgehead atoms. The lowest BCUT2D eigenvalue weighted by atomic mass is 10.0. The van der Waals surface area contributed by atoms with E-state index in [2.05, 4.69) is 12.1 Å². The second-order valence-electron chi connectivity index (χ2n) is 6.71. The summed E-state index contributed by atoms with van der Waals surface area (Å²) in [6, 6.07) is 8.10. The first-order valence-corrected chi connectivity index (χ1v) is 8.72. The molecule has 1 aromatic rings. The second-order valence-corrected chi connectivity index (χ2v) is 6.71. The minimum atomic E-state index is -1.04. The van der Waals surface area contributed by atoms with Gasteiger partial charge in [-0.3, -0.25) is 4.90 Å². The molecule has 3 rings (SSSR count). The maximum Gasteiger partial charge on any atom is 0.119 e. The van der Waals surface area contributed by atoms with Crippen LogP contribution in [0.3, 0.4) is 0 Å². The number of β-amino-alcohol motifs (C(OH)–C–C–N with tert-alkyl or cyclic N) is 2. The lowest BCUT2D eigenvalue weighted by Crippen LogP contribution is -2.55. The molecule has 1 aromatic carbocycles. The molecular formula is C18H27NO5. The van der Waals surface area contributed by atoms with Crippen molar-refractivity contribution in [2.45, 2.75) is 43.7 Å². The molecule has 2 aliphatic rings. The summed E-state index contributed by atoms with van der Waals surface area (Å²) in [6.45, 7) is 3.06. The molecule has 2 atom stereocenters. The molecule has 2 unspecified atom stereocenters. The van der Waals surface area contributed by atoms with Crippen LogP contribution >= 0.6 is 0 Å². The van der Waals surface area contributed by atoms with Crippen LogP contribution in [0.15, 0.2) is 24.3 Å². The maximum atomic E-state index is 9.73. The number of aliphatic hydroxyl groups is 3. The topological polar surface area (TPSA) is 82.4 Å². The third-order valence-electron chi connectivity index (χ3n) is 4.79.